The van der Waals surface area contributed by atoms with E-state index >= 15 is 0 Å². The van der Waals surface area contributed by atoms with Crippen molar-refractivity contribution in [3.63, 3.8) is 0 Å². The quantitative estimate of drug-likeness (QED) is 0.721. The molecule has 0 radical (unpaired) electrons. The van der Waals surface area contributed by atoms with E-state index in [0.717, 1.165) is 18.5 Å². The largest absolute Gasteiger partial charge is 0.483 e. The summed E-state index contributed by atoms with van der Waals surface area (Å²) in [6.45, 7) is 6.14. The maximum atomic E-state index is 11.4. The van der Waals surface area contributed by atoms with Crippen LogP contribution in [0.15, 0.2) is 18.2 Å². The van der Waals surface area contributed by atoms with Crippen LogP contribution in [-0.2, 0) is 11.3 Å². The van der Waals surface area contributed by atoms with Crippen LogP contribution >= 0.6 is 11.6 Å². The van der Waals surface area contributed by atoms with Crippen LogP contribution in [0.1, 0.15) is 25.8 Å². The van der Waals surface area contributed by atoms with Crippen molar-refractivity contribution >= 4 is 17.5 Å². The highest BCUT2D eigenvalue weighted by Gasteiger charge is 2.09. The van der Waals surface area contributed by atoms with Crippen LogP contribution in [0.2, 0.25) is 5.02 Å². The molecule has 0 saturated carbocycles. The van der Waals surface area contributed by atoms with E-state index in [4.69, 9.17) is 16.3 Å². The van der Waals surface area contributed by atoms with Gasteiger partial charge >= 0.3 is 0 Å². The highest BCUT2D eigenvalue weighted by Crippen LogP contribution is 2.26. The van der Waals surface area contributed by atoms with Gasteiger partial charge in [-0.1, -0.05) is 24.6 Å². The van der Waals surface area contributed by atoms with Gasteiger partial charge in [0.2, 0.25) is 0 Å². The molecule has 1 amide bonds. The molecule has 0 aliphatic heterocycles. The molecule has 0 aliphatic carbocycles. The summed E-state index contributed by atoms with van der Waals surface area (Å²) < 4.78 is 5.53. The Hall–Kier alpha value is -1.26. The molecule has 0 aliphatic rings. The number of halogens is 1. The van der Waals surface area contributed by atoms with Crippen molar-refractivity contribution in [2.45, 2.75) is 26.8 Å². The molecule has 19 heavy (non-hydrogen) atoms. The van der Waals surface area contributed by atoms with Gasteiger partial charge in [0.05, 0.1) is 0 Å². The van der Waals surface area contributed by atoms with Crippen molar-refractivity contribution in [2.75, 3.05) is 19.7 Å². The van der Waals surface area contributed by atoms with Crippen LogP contribution < -0.4 is 15.4 Å². The van der Waals surface area contributed by atoms with Gasteiger partial charge in [0.1, 0.15) is 5.75 Å². The van der Waals surface area contributed by atoms with Gasteiger partial charge in [-0.15, -0.1) is 0 Å². The van der Waals surface area contributed by atoms with Gasteiger partial charge in [-0.3, -0.25) is 4.79 Å². The first-order chi connectivity index (χ1) is 9.19. The number of hydrogen-bond acceptors (Lipinski definition) is 3. The average molecular weight is 285 g/mol. The zero-order valence-corrected chi connectivity index (χ0v) is 12.2. The van der Waals surface area contributed by atoms with Crippen molar-refractivity contribution in [1.82, 2.24) is 10.6 Å². The lowest BCUT2D eigenvalue weighted by Gasteiger charge is -2.13. The van der Waals surface area contributed by atoms with E-state index in [1.54, 1.807) is 0 Å². The number of rotatable bonds is 8. The van der Waals surface area contributed by atoms with E-state index in [1.807, 2.05) is 25.1 Å². The fourth-order valence-corrected chi connectivity index (χ4v) is 1.86. The number of ether oxygens (including phenoxy) is 1. The molecule has 4 nitrogen and oxygen atoms in total. The number of amides is 1. The Kier molecular flexibility index (Phi) is 7.30. The highest BCUT2D eigenvalue weighted by atomic mass is 35.5. The smallest absolute Gasteiger partial charge is 0.257 e. The lowest BCUT2D eigenvalue weighted by molar-refractivity contribution is -0.122. The second kappa shape index (κ2) is 8.77. The number of carbonyl (C=O) groups is 1. The van der Waals surface area contributed by atoms with Crippen LogP contribution in [-0.4, -0.2) is 25.6 Å². The summed E-state index contributed by atoms with van der Waals surface area (Å²) in [5.74, 6) is 0.525. The second-order valence-electron chi connectivity index (χ2n) is 4.14. The second-order valence-corrected chi connectivity index (χ2v) is 4.54. The Morgan fingerprint density at radius 3 is 2.84 bits per heavy atom. The molecule has 1 rings (SSSR count). The summed E-state index contributed by atoms with van der Waals surface area (Å²) in [6, 6.07) is 5.47. The molecular weight excluding hydrogens is 264 g/mol. The molecule has 2 N–H and O–H groups in total. The van der Waals surface area contributed by atoms with Crippen LogP contribution in [0, 0.1) is 0 Å². The number of benzene rings is 1. The molecule has 106 valence electrons. The van der Waals surface area contributed by atoms with Crippen LogP contribution in [0.3, 0.4) is 0 Å². The van der Waals surface area contributed by atoms with E-state index in [0.29, 0.717) is 23.9 Å². The highest BCUT2D eigenvalue weighted by molar-refractivity contribution is 6.31. The van der Waals surface area contributed by atoms with E-state index in [1.165, 1.54) is 0 Å². The molecule has 0 spiro atoms. The zero-order chi connectivity index (χ0) is 14.1. The molecule has 5 heteroatoms. The predicted molar refractivity (Wildman–Crippen MR) is 77.6 cm³/mol. The van der Waals surface area contributed by atoms with Crippen molar-refractivity contribution in [1.29, 1.82) is 0 Å². The normalized spacial score (nSPS) is 10.3. The van der Waals surface area contributed by atoms with Gasteiger partial charge in [-0.25, -0.2) is 0 Å². The molecule has 0 atom stereocenters. The third-order valence-corrected chi connectivity index (χ3v) is 2.89. The predicted octanol–water partition coefficient (Wildman–Crippen LogP) is 2.35. The fraction of sp³-hybridized carbons (Fsp3) is 0.500. The Labute approximate surface area is 119 Å². The van der Waals surface area contributed by atoms with Gasteiger partial charge < -0.3 is 15.4 Å². The van der Waals surface area contributed by atoms with Crippen molar-refractivity contribution in [3.8, 4) is 5.75 Å². The van der Waals surface area contributed by atoms with E-state index < -0.39 is 0 Å². The summed E-state index contributed by atoms with van der Waals surface area (Å²) in [7, 11) is 0. The van der Waals surface area contributed by atoms with Crippen molar-refractivity contribution in [3.05, 3.63) is 28.8 Å². The maximum Gasteiger partial charge on any atom is 0.257 e. The average Bonchev–Trinajstić information content (AvgIpc) is 2.39. The van der Waals surface area contributed by atoms with E-state index in [-0.39, 0.29) is 12.5 Å². The van der Waals surface area contributed by atoms with Crippen molar-refractivity contribution < 1.29 is 9.53 Å². The summed E-state index contributed by atoms with van der Waals surface area (Å²) in [5.41, 5.74) is 0.891. The minimum absolute atomic E-state index is 0.00889. The number of nitrogens with one attached hydrogen (secondary N) is 2. The molecule has 0 saturated heterocycles. The summed E-state index contributed by atoms with van der Waals surface area (Å²) in [4.78, 5) is 11.4. The Morgan fingerprint density at radius 2 is 2.16 bits per heavy atom. The molecule has 0 aromatic heterocycles. The first-order valence-electron chi connectivity index (χ1n) is 6.56. The Balaban J connectivity index is 2.65. The third-order valence-electron chi connectivity index (χ3n) is 2.54. The minimum atomic E-state index is -0.130. The zero-order valence-electron chi connectivity index (χ0n) is 11.5. The fourth-order valence-electron chi connectivity index (χ4n) is 1.63. The molecule has 1 aromatic rings. The SMILES string of the molecule is CCCNCc1c(Cl)cccc1OCC(=O)NCC. The van der Waals surface area contributed by atoms with E-state index in [2.05, 4.69) is 17.6 Å². The lowest BCUT2D eigenvalue weighted by Crippen LogP contribution is -2.28. The van der Waals surface area contributed by atoms with Gasteiger partial charge in [0.25, 0.3) is 5.91 Å². The molecule has 0 heterocycles. The van der Waals surface area contributed by atoms with Gasteiger partial charge in [0.15, 0.2) is 6.61 Å². The summed E-state index contributed by atoms with van der Waals surface area (Å²) in [6.07, 6.45) is 1.06. The monoisotopic (exact) mass is 284 g/mol. The third kappa shape index (κ3) is 5.49. The van der Waals surface area contributed by atoms with Crippen LogP contribution in [0.5, 0.6) is 5.75 Å². The van der Waals surface area contributed by atoms with Crippen LogP contribution in [0.4, 0.5) is 0 Å². The first kappa shape index (κ1) is 15.8. The standard InChI is InChI=1S/C14H21ClN2O2/c1-3-8-16-9-11-12(15)6-5-7-13(11)19-10-14(18)17-4-2/h5-7,16H,3-4,8-10H2,1-2H3,(H,17,18). The van der Waals surface area contributed by atoms with Crippen LogP contribution in [0.25, 0.3) is 0 Å². The van der Waals surface area contributed by atoms with E-state index in [9.17, 15) is 4.79 Å². The minimum Gasteiger partial charge on any atom is -0.483 e. The Morgan fingerprint density at radius 1 is 1.37 bits per heavy atom. The maximum absolute atomic E-state index is 11.4. The van der Waals surface area contributed by atoms with Gasteiger partial charge in [-0.05, 0) is 32.0 Å². The summed E-state index contributed by atoms with van der Waals surface area (Å²) >= 11 is 6.16. The number of hydrogen-bond donors (Lipinski definition) is 2. The first-order valence-corrected chi connectivity index (χ1v) is 6.94. The molecule has 1 aromatic carbocycles. The molecule has 0 fully saturated rings. The summed E-state index contributed by atoms with van der Waals surface area (Å²) in [5, 5.41) is 6.62. The molecule has 0 bridgehead atoms. The topological polar surface area (TPSA) is 50.4 Å². The molecular formula is C14H21ClN2O2. The Bertz CT molecular complexity index is 410. The lowest BCUT2D eigenvalue weighted by atomic mass is 10.2. The number of carbonyl (C=O) groups excluding carboxylic acids is 1. The molecule has 0 unspecified atom stereocenters. The van der Waals surface area contributed by atoms with Gasteiger partial charge in [-0.2, -0.15) is 0 Å². The number of likely N-dealkylation sites (N-methyl/N-ethyl adjacent to an activating group) is 1. The van der Waals surface area contributed by atoms with Gasteiger partial charge in [0, 0.05) is 23.7 Å². The van der Waals surface area contributed by atoms with Crippen molar-refractivity contribution in [2.24, 2.45) is 0 Å².